The number of hydrogen-bond acceptors (Lipinski definition) is 5. The third-order valence-electron chi connectivity index (χ3n) is 2.91. The van der Waals surface area contributed by atoms with Crippen LogP contribution in [0, 0.1) is 0 Å². The lowest BCUT2D eigenvalue weighted by atomic mass is 10.1. The second kappa shape index (κ2) is 5.83. The van der Waals surface area contributed by atoms with Crippen molar-refractivity contribution >= 4 is 17.1 Å². The summed E-state index contributed by atoms with van der Waals surface area (Å²) in [7, 11) is 0. The van der Waals surface area contributed by atoms with Crippen molar-refractivity contribution in [3.8, 4) is 10.6 Å². The Kier molecular flexibility index (Phi) is 3.73. The zero-order valence-corrected chi connectivity index (χ0v) is 11.5. The van der Waals surface area contributed by atoms with E-state index in [9.17, 15) is 4.79 Å². The van der Waals surface area contributed by atoms with Crippen LogP contribution in [-0.2, 0) is 6.54 Å². The molecule has 0 amide bonds. The van der Waals surface area contributed by atoms with Crippen LogP contribution in [0.4, 0.5) is 0 Å². The summed E-state index contributed by atoms with van der Waals surface area (Å²) < 4.78 is 7.02. The molecule has 0 unspecified atom stereocenters. The number of aryl methyl sites for hydroxylation is 1. The fraction of sp³-hybridized carbons (Fsp3) is 0.214. The van der Waals surface area contributed by atoms with E-state index in [2.05, 4.69) is 10.3 Å². The van der Waals surface area contributed by atoms with Crippen molar-refractivity contribution in [2.75, 3.05) is 0 Å². The number of ketones is 1. The lowest BCUT2D eigenvalue weighted by Gasteiger charge is -1.99. The highest BCUT2D eigenvalue weighted by molar-refractivity contribution is 7.13. The van der Waals surface area contributed by atoms with Gasteiger partial charge in [-0.05, 0) is 23.9 Å². The molecule has 6 heteroatoms. The topological polar surface area (TPSA) is 60.9 Å². The van der Waals surface area contributed by atoms with E-state index in [1.54, 1.807) is 23.6 Å². The fourth-order valence-corrected chi connectivity index (χ4v) is 2.58. The van der Waals surface area contributed by atoms with Crippen LogP contribution in [0.1, 0.15) is 23.3 Å². The van der Waals surface area contributed by atoms with Crippen LogP contribution < -0.4 is 0 Å². The van der Waals surface area contributed by atoms with E-state index in [4.69, 9.17) is 4.52 Å². The van der Waals surface area contributed by atoms with Gasteiger partial charge in [0, 0.05) is 31.4 Å². The predicted molar refractivity (Wildman–Crippen MR) is 75.6 cm³/mol. The zero-order chi connectivity index (χ0) is 13.8. The van der Waals surface area contributed by atoms with Gasteiger partial charge in [-0.3, -0.25) is 9.48 Å². The average molecular weight is 287 g/mol. The van der Waals surface area contributed by atoms with Gasteiger partial charge in [0.15, 0.2) is 11.5 Å². The van der Waals surface area contributed by atoms with Crippen LogP contribution in [0.2, 0.25) is 0 Å². The highest BCUT2D eigenvalue weighted by atomic mass is 32.1. The molecular formula is C14H13N3O2S. The van der Waals surface area contributed by atoms with Crippen molar-refractivity contribution in [1.82, 2.24) is 14.9 Å². The molecule has 0 aliphatic rings. The Hall–Kier alpha value is -2.21. The molecule has 0 aromatic carbocycles. The molecule has 0 atom stereocenters. The summed E-state index contributed by atoms with van der Waals surface area (Å²) in [5, 5.41) is 9.91. The van der Waals surface area contributed by atoms with Gasteiger partial charge in [-0.25, -0.2) is 0 Å². The first-order chi connectivity index (χ1) is 9.83. The largest absolute Gasteiger partial charge is 0.355 e. The molecule has 3 rings (SSSR count). The van der Waals surface area contributed by atoms with E-state index >= 15 is 0 Å². The van der Waals surface area contributed by atoms with Crippen LogP contribution in [0.25, 0.3) is 10.6 Å². The van der Waals surface area contributed by atoms with Crippen molar-refractivity contribution in [3.05, 3.63) is 47.7 Å². The van der Waals surface area contributed by atoms with Crippen LogP contribution in [0.3, 0.4) is 0 Å². The van der Waals surface area contributed by atoms with E-state index < -0.39 is 0 Å². The maximum Gasteiger partial charge on any atom is 0.184 e. The first-order valence-electron chi connectivity index (χ1n) is 6.34. The van der Waals surface area contributed by atoms with E-state index in [1.807, 2.05) is 34.5 Å². The Morgan fingerprint density at radius 2 is 2.35 bits per heavy atom. The molecule has 0 aliphatic heterocycles. The van der Waals surface area contributed by atoms with Crippen molar-refractivity contribution in [2.24, 2.45) is 0 Å². The van der Waals surface area contributed by atoms with Gasteiger partial charge in [-0.1, -0.05) is 11.2 Å². The minimum Gasteiger partial charge on any atom is -0.355 e. The number of carbonyl (C=O) groups excluding carboxylic acids is 1. The number of aromatic nitrogens is 3. The molecule has 0 bridgehead atoms. The number of rotatable bonds is 6. The van der Waals surface area contributed by atoms with Gasteiger partial charge >= 0.3 is 0 Å². The maximum atomic E-state index is 12.0. The molecule has 0 aliphatic carbocycles. The van der Waals surface area contributed by atoms with Crippen LogP contribution in [0.15, 0.2) is 46.6 Å². The summed E-state index contributed by atoms with van der Waals surface area (Å²) in [5.41, 5.74) is 0.397. The Balaban J connectivity index is 1.57. The van der Waals surface area contributed by atoms with Crippen molar-refractivity contribution in [1.29, 1.82) is 0 Å². The first-order valence-corrected chi connectivity index (χ1v) is 7.22. The second-order valence-electron chi connectivity index (χ2n) is 4.35. The minimum atomic E-state index is 0.00344. The molecule has 3 heterocycles. The standard InChI is InChI=1S/C14H13N3O2S/c18-12(4-1-7-17-8-3-6-15-17)11-10-13(19-16-11)14-5-2-9-20-14/h2-3,5-6,8-10H,1,4,7H2. The number of Topliss-reactive ketones (excluding diaryl/α,β-unsaturated/α-hetero) is 1. The highest BCUT2D eigenvalue weighted by Gasteiger charge is 2.13. The van der Waals surface area contributed by atoms with Gasteiger partial charge in [-0.15, -0.1) is 11.3 Å². The molecule has 0 spiro atoms. The molecule has 0 fully saturated rings. The van der Waals surface area contributed by atoms with Crippen molar-refractivity contribution < 1.29 is 9.32 Å². The number of thiophene rings is 1. The summed E-state index contributed by atoms with van der Waals surface area (Å²) in [4.78, 5) is 13.0. The van der Waals surface area contributed by atoms with Crippen LogP contribution in [-0.4, -0.2) is 20.7 Å². The number of hydrogen-bond donors (Lipinski definition) is 0. The van der Waals surface area contributed by atoms with Gasteiger partial charge in [0.25, 0.3) is 0 Å². The Morgan fingerprint density at radius 3 is 3.10 bits per heavy atom. The summed E-state index contributed by atoms with van der Waals surface area (Å²) in [5.74, 6) is 0.652. The monoisotopic (exact) mass is 287 g/mol. The highest BCUT2D eigenvalue weighted by Crippen LogP contribution is 2.25. The molecule has 3 aromatic heterocycles. The van der Waals surface area contributed by atoms with Crippen LogP contribution in [0.5, 0.6) is 0 Å². The smallest absolute Gasteiger partial charge is 0.184 e. The average Bonchev–Trinajstić information content (AvgIpc) is 3.20. The van der Waals surface area contributed by atoms with Gasteiger partial charge < -0.3 is 4.52 Å². The molecule has 0 saturated heterocycles. The quantitative estimate of drug-likeness (QED) is 0.653. The fourth-order valence-electron chi connectivity index (χ4n) is 1.90. The van der Waals surface area contributed by atoms with Crippen LogP contribution >= 0.6 is 11.3 Å². The number of nitrogens with zero attached hydrogens (tertiary/aromatic N) is 3. The predicted octanol–water partition coefficient (Wildman–Crippen LogP) is 3.26. The number of carbonyl (C=O) groups is 1. The van der Waals surface area contributed by atoms with Gasteiger partial charge in [0.05, 0.1) is 4.88 Å². The zero-order valence-electron chi connectivity index (χ0n) is 10.7. The lowest BCUT2D eigenvalue weighted by molar-refractivity contribution is 0.0969. The molecule has 5 nitrogen and oxygen atoms in total. The normalized spacial score (nSPS) is 10.8. The minimum absolute atomic E-state index is 0.00344. The maximum absolute atomic E-state index is 12.0. The molecule has 20 heavy (non-hydrogen) atoms. The second-order valence-corrected chi connectivity index (χ2v) is 5.30. The third kappa shape index (κ3) is 2.85. The molecular weight excluding hydrogens is 274 g/mol. The molecule has 102 valence electrons. The molecule has 3 aromatic rings. The Bertz CT molecular complexity index is 671. The molecule has 0 saturated carbocycles. The SMILES string of the molecule is O=C(CCCn1cccn1)c1cc(-c2cccs2)on1. The lowest BCUT2D eigenvalue weighted by Crippen LogP contribution is -2.04. The van der Waals surface area contributed by atoms with Crippen molar-refractivity contribution in [2.45, 2.75) is 19.4 Å². The third-order valence-corrected chi connectivity index (χ3v) is 3.79. The summed E-state index contributed by atoms with van der Waals surface area (Å²) >= 11 is 1.56. The van der Waals surface area contributed by atoms with Gasteiger partial charge in [0.1, 0.15) is 5.69 Å². The van der Waals surface area contributed by atoms with E-state index in [0.717, 1.165) is 17.8 Å². The van der Waals surface area contributed by atoms with E-state index in [1.165, 1.54) is 0 Å². The summed E-state index contributed by atoms with van der Waals surface area (Å²) in [6, 6.07) is 7.46. The molecule has 0 N–H and O–H groups in total. The first kappa shape index (κ1) is 12.8. The van der Waals surface area contributed by atoms with Gasteiger partial charge in [-0.2, -0.15) is 5.10 Å². The van der Waals surface area contributed by atoms with E-state index in [-0.39, 0.29) is 5.78 Å². The summed E-state index contributed by atoms with van der Waals surface area (Å²) in [6.45, 7) is 0.731. The van der Waals surface area contributed by atoms with Gasteiger partial charge in [0.2, 0.25) is 0 Å². The Morgan fingerprint density at radius 1 is 1.40 bits per heavy atom. The summed E-state index contributed by atoms with van der Waals surface area (Å²) in [6.07, 6.45) is 4.79. The van der Waals surface area contributed by atoms with Crippen molar-refractivity contribution in [3.63, 3.8) is 0 Å². The molecule has 0 radical (unpaired) electrons. The van der Waals surface area contributed by atoms with E-state index in [0.29, 0.717) is 17.9 Å². The Labute approximate surface area is 119 Å².